The van der Waals surface area contributed by atoms with Gasteiger partial charge in [0.2, 0.25) is 10.0 Å². The number of carbonyl (C=O) groups excluding carboxylic acids is 1. The SMILES string of the molecule is Cc1ccc(C(=O)NC(=S)Nc2ccc(S(=O)(=O)N3CCN(C(c4ccccc4)c4ccccc4)CC3)cc2)cc1I. The van der Waals surface area contributed by atoms with E-state index in [2.05, 4.69) is 62.4 Å². The second kappa shape index (κ2) is 13.4. The van der Waals surface area contributed by atoms with Crippen molar-refractivity contribution in [3.63, 3.8) is 0 Å². The first-order chi connectivity index (χ1) is 20.2. The van der Waals surface area contributed by atoms with Gasteiger partial charge in [-0.3, -0.25) is 15.0 Å². The lowest BCUT2D eigenvalue weighted by molar-refractivity contribution is 0.0977. The summed E-state index contributed by atoms with van der Waals surface area (Å²) in [5.41, 5.74) is 4.55. The number of nitrogens with one attached hydrogen (secondary N) is 2. The van der Waals surface area contributed by atoms with Crippen molar-refractivity contribution in [2.45, 2.75) is 17.9 Å². The van der Waals surface area contributed by atoms with E-state index < -0.39 is 10.0 Å². The maximum absolute atomic E-state index is 13.5. The molecule has 216 valence electrons. The van der Waals surface area contributed by atoms with Crippen molar-refractivity contribution in [3.8, 4) is 0 Å². The number of hydrogen-bond acceptors (Lipinski definition) is 5. The van der Waals surface area contributed by atoms with Crippen LogP contribution in [0.1, 0.15) is 33.1 Å². The molecule has 4 aromatic rings. The molecule has 5 rings (SSSR count). The van der Waals surface area contributed by atoms with Crippen molar-refractivity contribution in [1.29, 1.82) is 0 Å². The van der Waals surface area contributed by atoms with Gasteiger partial charge in [-0.15, -0.1) is 0 Å². The first kappa shape index (κ1) is 30.3. The van der Waals surface area contributed by atoms with Gasteiger partial charge in [-0.25, -0.2) is 8.42 Å². The lowest BCUT2D eigenvalue weighted by Crippen LogP contribution is -2.49. The van der Waals surface area contributed by atoms with Crippen LogP contribution in [0.5, 0.6) is 0 Å². The number of amides is 1. The third kappa shape index (κ3) is 7.07. The minimum atomic E-state index is -3.67. The van der Waals surface area contributed by atoms with E-state index in [0.29, 0.717) is 37.4 Å². The molecule has 1 fully saturated rings. The van der Waals surface area contributed by atoms with Crippen molar-refractivity contribution in [2.75, 3.05) is 31.5 Å². The smallest absolute Gasteiger partial charge is 0.257 e. The number of hydrogen-bond donors (Lipinski definition) is 2. The molecule has 7 nitrogen and oxygen atoms in total. The van der Waals surface area contributed by atoms with Crippen LogP contribution in [0.2, 0.25) is 0 Å². The zero-order chi connectivity index (χ0) is 29.7. The quantitative estimate of drug-likeness (QED) is 0.186. The van der Waals surface area contributed by atoms with Crippen LogP contribution in [0.25, 0.3) is 0 Å². The number of halogens is 1. The van der Waals surface area contributed by atoms with Crippen LogP contribution >= 0.6 is 34.8 Å². The third-order valence-corrected chi connectivity index (χ3v) is 10.6. The van der Waals surface area contributed by atoms with Gasteiger partial charge in [-0.1, -0.05) is 66.7 Å². The molecule has 0 radical (unpaired) electrons. The highest BCUT2D eigenvalue weighted by Gasteiger charge is 2.32. The molecule has 0 saturated carbocycles. The molecule has 42 heavy (non-hydrogen) atoms. The van der Waals surface area contributed by atoms with Gasteiger partial charge in [0.1, 0.15) is 0 Å². The fraction of sp³-hybridized carbons (Fsp3) is 0.188. The molecule has 0 spiro atoms. The number of nitrogens with zero attached hydrogens (tertiary/aromatic N) is 2. The van der Waals surface area contributed by atoms with E-state index in [1.54, 1.807) is 40.7 Å². The van der Waals surface area contributed by atoms with Crippen LogP contribution in [0.15, 0.2) is 108 Å². The molecule has 0 aliphatic carbocycles. The molecule has 1 aliphatic heterocycles. The largest absolute Gasteiger partial charge is 0.332 e. The highest BCUT2D eigenvalue weighted by Crippen LogP contribution is 2.30. The van der Waals surface area contributed by atoms with Crippen LogP contribution in [-0.2, 0) is 10.0 Å². The summed E-state index contributed by atoms with van der Waals surface area (Å²) >= 11 is 7.49. The van der Waals surface area contributed by atoms with Gasteiger partial charge in [0.15, 0.2) is 5.11 Å². The first-order valence-corrected chi connectivity index (χ1v) is 16.5. The molecule has 0 aromatic heterocycles. The van der Waals surface area contributed by atoms with Crippen LogP contribution in [0.3, 0.4) is 0 Å². The van der Waals surface area contributed by atoms with E-state index in [1.165, 1.54) is 11.1 Å². The Bertz CT molecular complexity index is 1620. The molecule has 1 amide bonds. The van der Waals surface area contributed by atoms with Crippen LogP contribution in [0.4, 0.5) is 5.69 Å². The molecule has 0 bridgehead atoms. The van der Waals surface area contributed by atoms with Crippen molar-refractivity contribution in [2.24, 2.45) is 0 Å². The van der Waals surface area contributed by atoms with Gasteiger partial charge in [-0.2, -0.15) is 4.31 Å². The average Bonchev–Trinajstić information content (AvgIpc) is 3.00. The Kier molecular flexibility index (Phi) is 9.69. The number of aryl methyl sites for hydroxylation is 1. The Morgan fingerprint density at radius 1 is 0.833 bits per heavy atom. The summed E-state index contributed by atoms with van der Waals surface area (Å²) in [6.45, 7) is 3.99. The van der Waals surface area contributed by atoms with Gasteiger partial charge in [-0.05, 0) is 94.8 Å². The van der Waals surface area contributed by atoms with E-state index in [9.17, 15) is 13.2 Å². The molecular weight excluding hydrogens is 679 g/mol. The average molecular weight is 711 g/mol. The summed E-state index contributed by atoms with van der Waals surface area (Å²) in [5, 5.41) is 5.76. The van der Waals surface area contributed by atoms with E-state index in [0.717, 1.165) is 9.13 Å². The molecule has 0 unspecified atom stereocenters. The maximum Gasteiger partial charge on any atom is 0.257 e. The predicted octanol–water partition coefficient (Wildman–Crippen LogP) is 5.82. The predicted molar refractivity (Wildman–Crippen MR) is 179 cm³/mol. The van der Waals surface area contributed by atoms with Crippen molar-refractivity contribution in [3.05, 3.63) is 129 Å². The first-order valence-electron chi connectivity index (χ1n) is 13.5. The highest BCUT2D eigenvalue weighted by molar-refractivity contribution is 14.1. The molecule has 4 aromatic carbocycles. The fourth-order valence-corrected chi connectivity index (χ4v) is 7.17. The second-order valence-corrected chi connectivity index (χ2v) is 13.6. The van der Waals surface area contributed by atoms with Crippen LogP contribution in [-0.4, -0.2) is 54.8 Å². The summed E-state index contributed by atoms with van der Waals surface area (Å²) in [6, 6.07) is 32.6. The van der Waals surface area contributed by atoms with E-state index in [-0.39, 0.29) is 22.0 Å². The Morgan fingerprint density at radius 2 is 1.40 bits per heavy atom. The monoisotopic (exact) mass is 710 g/mol. The number of sulfonamides is 1. The van der Waals surface area contributed by atoms with Gasteiger partial charge in [0.05, 0.1) is 10.9 Å². The van der Waals surface area contributed by atoms with Gasteiger partial charge in [0, 0.05) is 41.0 Å². The minimum Gasteiger partial charge on any atom is -0.332 e. The summed E-state index contributed by atoms with van der Waals surface area (Å²) in [5.74, 6) is -0.314. The van der Waals surface area contributed by atoms with Crippen molar-refractivity contribution >= 4 is 61.5 Å². The van der Waals surface area contributed by atoms with E-state index in [4.69, 9.17) is 12.2 Å². The Balaban J connectivity index is 1.21. The maximum atomic E-state index is 13.5. The Hall–Kier alpha value is -3.16. The molecule has 2 N–H and O–H groups in total. The standard InChI is InChI=1S/C32H31IN4O3S2/c1-23-12-13-26(22-29(23)33)31(38)35-32(41)34-27-14-16-28(17-15-27)42(39,40)37-20-18-36(19-21-37)30(24-8-4-2-5-9-24)25-10-6-3-7-11-25/h2-17,22,30H,18-21H2,1H3,(H2,34,35,38,41). The molecule has 1 aliphatic rings. The van der Waals surface area contributed by atoms with E-state index in [1.807, 2.05) is 49.4 Å². The van der Waals surface area contributed by atoms with Gasteiger partial charge >= 0.3 is 0 Å². The van der Waals surface area contributed by atoms with Gasteiger partial charge < -0.3 is 5.32 Å². The third-order valence-electron chi connectivity index (χ3n) is 7.28. The lowest BCUT2D eigenvalue weighted by atomic mass is 9.96. The zero-order valence-corrected chi connectivity index (χ0v) is 26.8. The van der Waals surface area contributed by atoms with Crippen molar-refractivity contribution < 1.29 is 13.2 Å². The van der Waals surface area contributed by atoms with Crippen molar-refractivity contribution in [1.82, 2.24) is 14.5 Å². The Morgan fingerprint density at radius 3 is 1.95 bits per heavy atom. The normalized spacial score (nSPS) is 14.5. The second-order valence-electron chi connectivity index (χ2n) is 10.1. The summed E-state index contributed by atoms with van der Waals surface area (Å²) < 4.78 is 29.5. The number of anilines is 1. The van der Waals surface area contributed by atoms with Gasteiger partial charge in [0.25, 0.3) is 5.91 Å². The molecule has 10 heteroatoms. The Labute approximate surface area is 266 Å². The molecule has 1 heterocycles. The number of thiocarbonyl (C=S) groups is 1. The number of piperazine rings is 1. The summed E-state index contributed by atoms with van der Waals surface area (Å²) in [7, 11) is -3.67. The molecule has 1 saturated heterocycles. The van der Waals surface area contributed by atoms with E-state index >= 15 is 0 Å². The molecular formula is C32H31IN4O3S2. The summed E-state index contributed by atoms with van der Waals surface area (Å²) in [6.07, 6.45) is 0. The number of rotatable bonds is 7. The zero-order valence-electron chi connectivity index (χ0n) is 23.0. The number of carbonyl (C=O) groups is 1. The topological polar surface area (TPSA) is 81.8 Å². The molecule has 0 atom stereocenters. The lowest BCUT2D eigenvalue weighted by Gasteiger charge is -2.39. The number of benzene rings is 4. The van der Waals surface area contributed by atoms with Crippen LogP contribution in [0, 0.1) is 10.5 Å². The fourth-order valence-electron chi connectivity index (χ4n) is 5.02. The van der Waals surface area contributed by atoms with Crippen LogP contribution < -0.4 is 10.6 Å². The minimum absolute atomic E-state index is 0.0570. The highest BCUT2D eigenvalue weighted by atomic mass is 127. The summed E-state index contributed by atoms with van der Waals surface area (Å²) in [4.78, 5) is 15.1.